The van der Waals surface area contributed by atoms with Gasteiger partial charge in [0.25, 0.3) is 0 Å². The van der Waals surface area contributed by atoms with Crippen molar-refractivity contribution < 1.29 is 14.5 Å². The van der Waals surface area contributed by atoms with E-state index in [1.165, 1.54) is 0 Å². The van der Waals surface area contributed by atoms with Gasteiger partial charge in [-0.1, -0.05) is 127 Å². The van der Waals surface area contributed by atoms with Crippen LogP contribution < -0.4 is 15.9 Å². The molecule has 5 rings (SSSR count). The third-order valence-electron chi connectivity index (χ3n) is 5.38. The molecule has 0 fully saturated rings. The molecule has 0 atom stereocenters. The van der Waals surface area contributed by atoms with E-state index >= 15 is 0 Å². The summed E-state index contributed by atoms with van der Waals surface area (Å²) in [5.41, 5.74) is 0.359. The first kappa shape index (κ1) is 22.3. The van der Waals surface area contributed by atoms with E-state index in [4.69, 9.17) is 5.11 Å². The van der Waals surface area contributed by atoms with Crippen molar-refractivity contribution in [2.24, 2.45) is 0 Å². The summed E-state index contributed by atoms with van der Waals surface area (Å²) in [6.45, 7) is 0. The second kappa shape index (κ2) is 10.1. The summed E-state index contributed by atoms with van der Waals surface area (Å²) in [5.74, 6) is -0.878. The van der Waals surface area contributed by atoms with Gasteiger partial charge in [0, 0.05) is 15.9 Å². The Hall–Kier alpha value is -3.94. The van der Waals surface area contributed by atoms with Crippen molar-refractivity contribution in [1.29, 1.82) is 0 Å². The van der Waals surface area contributed by atoms with E-state index in [0.717, 1.165) is 26.7 Å². The number of rotatable bonds is 4. The van der Waals surface area contributed by atoms with E-state index in [2.05, 4.69) is 0 Å². The minimum absolute atomic E-state index is 0.359. The van der Waals surface area contributed by atoms with Crippen molar-refractivity contribution in [3.8, 4) is 0 Å². The molecule has 0 aliphatic carbocycles. The van der Waals surface area contributed by atoms with Gasteiger partial charge in [0.2, 0.25) is 0 Å². The monoisotopic (exact) mass is 450 g/mol. The number of carboxylic acids is 1. The number of aromatic carboxylic acids is 1. The summed E-state index contributed by atoms with van der Waals surface area (Å²) in [6.07, 6.45) is 0. The lowest BCUT2D eigenvalue weighted by Crippen LogP contribution is -2.24. The van der Waals surface area contributed by atoms with E-state index in [1.54, 1.807) is 12.1 Å². The maximum Gasteiger partial charge on any atom is 0.336 e. The van der Waals surface area contributed by atoms with Gasteiger partial charge in [-0.15, -0.1) is 0 Å². The third-order valence-corrected chi connectivity index (χ3v) is 8.46. The fourth-order valence-electron chi connectivity index (χ4n) is 3.77. The predicted molar refractivity (Wildman–Crippen MR) is 137 cm³/mol. The van der Waals surface area contributed by atoms with Crippen molar-refractivity contribution in [2.45, 2.75) is 0 Å². The number of carbonyl (C=O) groups is 1. The van der Waals surface area contributed by atoms with E-state index < -0.39 is 13.1 Å². The van der Waals surface area contributed by atoms with Crippen molar-refractivity contribution in [1.82, 2.24) is 0 Å². The molecular weight excluding hydrogens is 427 g/mol. The molecule has 0 aliphatic rings. The summed E-state index contributed by atoms with van der Waals surface area (Å²) in [5, 5.41) is 13.3. The number of fused-ring (bicyclic) bond motifs is 1. The second-order valence-electron chi connectivity index (χ2n) is 7.45. The van der Waals surface area contributed by atoms with Crippen LogP contribution in [-0.2, 0) is 4.57 Å². The molecule has 4 heteroatoms. The summed E-state index contributed by atoms with van der Waals surface area (Å²) < 4.78 is 13.8. The molecule has 0 saturated carbocycles. The smallest absolute Gasteiger partial charge is 0.336 e. The highest BCUT2D eigenvalue weighted by Gasteiger charge is 2.28. The molecule has 0 unspecified atom stereocenters. The molecule has 5 aromatic rings. The van der Waals surface area contributed by atoms with Crippen LogP contribution in [0.4, 0.5) is 0 Å². The molecule has 0 aromatic heterocycles. The summed E-state index contributed by atoms with van der Waals surface area (Å²) in [6, 6.07) is 41.9. The van der Waals surface area contributed by atoms with Crippen molar-refractivity contribution in [3.63, 3.8) is 0 Å². The Bertz CT molecular complexity index is 1290. The highest BCUT2D eigenvalue weighted by atomic mass is 31.2. The van der Waals surface area contributed by atoms with Gasteiger partial charge < -0.3 is 9.67 Å². The summed E-state index contributed by atoms with van der Waals surface area (Å²) in [4.78, 5) is 10.8. The van der Waals surface area contributed by atoms with Crippen LogP contribution in [0.3, 0.4) is 0 Å². The van der Waals surface area contributed by atoms with Crippen LogP contribution in [-0.4, -0.2) is 11.1 Å². The number of hydrogen-bond donors (Lipinski definition) is 1. The van der Waals surface area contributed by atoms with Crippen LogP contribution in [0.25, 0.3) is 10.8 Å². The van der Waals surface area contributed by atoms with Crippen LogP contribution in [0.5, 0.6) is 0 Å². The zero-order valence-corrected chi connectivity index (χ0v) is 18.8. The minimum atomic E-state index is -2.78. The Morgan fingerprint density at radius 3 is 1.36 bits per heavy atom. The largest absolute Gasteiger partial charge is 0.478 e. The molecule has 0 spiro atoms. The van der Waals surface area contributed by atoms with Gasteiger partial charge in [-0.25, -0.2) is 4.79 Å². The zero-order valence-electron chi connectivity index (χ0n) is 17.9. The van der Waals surface area contributed by atoms with Crippen LogP contribution in [0.1, 0.15) is 10.4 Å². The highest BCUT2D eigenvalue weighted by Crippen LogP contribution is 2.41. The molecule has 0 radical (unpaired) electrons. The maximum absolute atomic E-state index is 13.8. The Balaban J connectivity index is 0.000000172. The lowest BCUT2D eigenvalue weighted by atomic mass is 10.1. The van der Waals surface area contributed by atoms with Crippen molar-refractivity contribution in [2.75, 3.05) is 0 Å². The summed E-state index contributed by atoms with van der Waals surface area (Å²) >= 11 is 0. The fraction of sp³-hybridized carbons (Fsp3) is 0. The topological polar surface area (TPSA) is 54.4 Å². The Labute approximate surface area is 193 Å². The highest BCUT2D eigenvalue weighted by molar-refractivity contribution is 7.85. The predicted octanol–water partition coefficient (Wildman–Crippen LogP) is 5.86. The molecule has 0 heterocycles. The van der Waals surface area contributed by atoms with E-state index in [0.29, 0.717) is 5.56 Å². The molecule has 0 aliphatic heterocycles. The standard InChI is InChI=1S/C18H15OP.C11H8O2/c19-20(16-10-4-1-5-11-16,17-12-6-2-7-13-17)18-14-8-3-9-15-18;12-11(13)10-7-3-5-8-4-1-2-6-9(8)10/h1-15H;1-7H,(H,12,13). The molecule has 0 amide bonds. The lowest BCUT2D eigenvalue weighted by Gasteiger charge is -2.19. The molecule has 33 heavy (non-hydrogen) atoms. The van der Waals surface area contributed by atoms with Crippen molar-refractivity contribution in [3.05, 3.63) is 139 Å². The lowest BCUT2D eigenvalue weighted by molar-refractivity contribution is 0.0699. The molecule has 1 N–H and O–H groups in total. The first-order chi connectivity index (χ1) is 16.1. The normalized spacial score (nSPS) is 10.8. The van der Waals surface area contributed by atoms with Gasteiger partial charge in [0.05, 0.1) is 5.56 Å². The van der Waals surface area contributed by atoms with Gasteiger partial charge in [-0.3, -0.25) is 0 Å². The third kappa shape index (κ3) is 4.79. The van der Waals surface area contributed by atoms with Gasteiger partial charge >= 0.3 is 5.97 Å². The quantitative estimate of drug-likeness (QED) is 0.349. The first-order valence-electron chi connectivity index (χ1n) is 10.6. The average Bonchev–Trinajstić information content (AvgIpc) is 2.89. The molecule has 3 nitrogen and oxygen atoms in total. The van der Waals surface area contributed by atoms with Gasteiger partial charge in [-0.05, 0) is 16.8 Å². The Kier molecular flexibility index (Phi) is 6.83. The summed E-state index contributed by atoms with van der Waals surface area (Å²) in [7, 11) is -2.78. The Morgan fingerprint density at radius 1 is 0.515 bits per heavy atom. The Morgan fingerprint density at radius 2 is 0.909 bits per heavy atom. The molecule has 162 valence electrons. The SMILES string of the molecule is O=C(O)c1cccc2ccccc12.O=P(c1ccccc1)(c1ccccc1)c1ccccc1. The van der Waals surface area contributed by atoms with E-state index in [9.17, 15) is 9.36 Å². The number of benzene rings is 5. The van der Waals surface area contributed by atoms with Crippen LogP contribution >= 0.6 is 7.14 Å². The first-order valence-corrected chi connectivity index (χ1v) is 12.3. The van der Waals surface area contributed by atoms with Gasteiger partial charge in [0.1, 0.15) is 0 Å². The second-order valence-corrected chi connectivity index (χ2v) is 10.2. The van der Waals surface area contributed by atoms with E-state index in [-0.39, 0.29) is 0 Å². The van der Waals surface area contributed by atoms with Crippen LogP contribution in [0, 0.1) is 0 Å². The van der Waals surface area contributed by atoms with Gasteiger partial charge in [-0.2, -0.15) is 0 Å². The van der Waals surface area contributed by atoms with Crippen LogP contribution in [0.2, 0.25) is 0 Å². The molecule has 5 aromatic carbocycles. The molecular formula is C29H23O3P. The fourth-order valence-corrected chi connectivity index (χ4v) is 6.44. The minimum Gasteiger partial charge on any atom is -0.478 e. The molecule has 0 bridgehead atoms. The maximum atomic E-state index is 13.8. The molecule has 0 saturated heterocycles. The van der Waals surface area contributed by atoms with Crippen molar-refractivity contribution >= 4 is 39.8 Å². The van der Waals surface area contributed by atoms with Gasteiger partial charge in [0.15, 0.2) is 7.14 Å². The number of hydrogen-bond acceptors (Lipinski definition) is 2. The van der Waals surface area contributed by atoms with Crippen LogP contribution in [0.15, 0.2) is 133 Å². The number of carboxylic acid groups (broad SMARTS) is 1. The zero-order chi connectivity index (χ0) is 23.1. The average molecular weight is 450 g/mol. The van der Waals surface area contributed by atoms with E-state index in [1.807, 2.05) is 121 Å².